The van der Waals surface area contributed by atoms with Gasteiger partial charge in [-0.15, -0.1) is 0 Å². The molecule has 1 fully saturated rings. The van der Waals surface area contributed by atoms with Crippen molar-refractivity contribution in [1.29, 1.82) is 0 Å². The van der Waals surface area contributed by atoms with E-state index < -0.39 is 48.8 Å². The van der Waals surface area contributed by atoms with Crippen LogP contribution in [0.25, 0.3) is 11.2 Å². The number of anilines is 1. The fraction of sp³-hybridized carbons (Fsp3) is 0.519. The normalized spacial score (nSPS) is 19.5. The van der Waals surface area contributed by atoms with Gasteiger partial charge >= 0.3 is 219 Å². The molecule has 0 saturated carbocycles. The van der Waals surface area contributed by atoms with Gasteiger partial charge in [0.25, 0.3) is 0 Å². The summed E-state index contributed by atoms with van der Waals surface area (Å²) in [6, 6.07) is 8.83. The SMILES string of the molecule is C[CH2][Sn]([CH2]C)([CH2]C)[O]C[C@H]1O[C@@H](n2cnc3c(=O)[nH]c(NC(=O)C(C)C)nc32)C[C@@H]1OC(=O)c1ccccc1. The van der Waals surface area contributed by atoms with Crippen LogP contribution in [0.5, 0.6) is 0 Å². The number of hydrogen-bond donors (Lipinski definition) is 2. The number of aromatic amines is 1. The van der Waals surface area contributed by atoms with Gasteiger partial charge in [-0.25, -0.2) is 0 Å². The number of fused-ring (bicyclic) bond motifs is 1. The second-order valence-electron chi connectivity index (χ2n) is 10.1. The van der Waals surface area contributed by atoms with Crippen LogP contribution >= 0.6 is 0 Å². The van der Waals surface area contributed by atoms with Crippen molar-refractivity contribution in [3.63, 3.8) is 0 Å². The molecule has 2 N–H and O–H groups in total. The molecule has 3 atom stereocenters. The molecule has 1 aromatic carbocycles. The molecule has 0 spiro atoms. The van der Waals surface area contributed by atoms with Gasteiger partial charge in [0, 0.05) is 0 Å². The topological polar surface area (TPSA) is 137 Å². The minimum atomic E-state index is -2.76. The molecule has 0 aliphatic carbocycles. The Morgan fingerprint density at radius 3 is 2.51 bits per heavy atom. The van der Waals surface area contributed by atoms with Gasteiger partial charge in [0.05, 0.1) is 0 Å². The number of carbonyl (C=O) groups excluding carboxylic acids is 2. The van der Waals surface area contributed by atoms with Crippen LogP contribution in [-0.2, 0) is 17.3 Å². The van der Waals surface area contributed by atoms with Crippen molar-refractivity contribution in [3.05, 3.63) is 52.6 Å². The second kappa shape index (κ2) is 12.6. The van der Waals surface area contributed by atoms with Crippen molar-refractivity contribution in [1.82, 2.24) is 19.5 Å². The van der Waals surface area contributed by atoms with E-state index in [1.165, 1.54) is 6.33 Å². The third kappa shape index (κ3) is 6.52. The van der Waals surface area contributed by atoms with E-state index in [9.17, 15) is 14.4 Å². The van der Waals surface area contributed by atoms with Crippen molar-refractivity contribution < 1.29 is 22.1 Å². The molecule has 12 heteroatoms. The number of amides is 1. The Balaban J connectivity index is 1.62. The number of esters is 1. The van der Waals surface area contributed by atoms with E-state index in [2.05, 4.69) is 41.0 Å². The average Bonchev–Trinajstić information content (AvgIpc) is 3.54. The molecule has 39 heavy (non-hydrogen) atoms. The Labute approximate surface area is 232 Å². The van der Waals surface area contributed by atoms with E-state index in [4.69, 9.17) is 12.5 Å². The number of H-pyrrole nitrogens is 1. The van der Waals surface area contributed by atoms with Gasteiger partial charge in [-0.1, -0.05) is 13.8 Å². The number of imidazole rings is 1. The number of nitrogens with one attached hydrogen (secondary N) is 2. The molecule has 11 nitrogen and oxygen atoms in total. The number of aromatic nitrogens is 4. The fourth-order valence-corrected chi connectivity index (χ4v) is 12.2. The van der Waals surface area contributed by atoms with Crippen LogP contribution in [0.1, 0.15) is 57.6 Å². The molecule has 0 bridgehead atoms. The number of hydrogen-bond acceptors (Lipinski definition) is 8. The van der Waals surface area contributed by atoms with Crippen molar-refractivity contribution >= 4 is 47.8 Å². The Morgan fingerprint density at radius 1 is 1.18 bits per heavy atom. The first-order valence-electron chi connectivity index (χ1n) is 13.5. The molecule has 2 aromatic heterocycles. The van der Waals surface area contributed by atoms with Gasteiger partial charge < -0.3 is 0 Å². The standard InChI is InChI=1S/C21H22N5O6.3C2H5.Sn/c1-11(2)18(28)24-21-23-17-16(19(29)25-21)22-10-26(17)15-8-13(14(9-27)31-15)32-20(30)12-6-4-3-5-7-12;3*1-2;/h3-7,10-11,13-15H,8-9H2,1-2H3,(H2,23,24,25,28,29);3*1H2,2H3;/q-1;;;;+1/t13-,14+,15+;;;;/m0..../s1. The molecule has 210 valence electrons. The molecule has 3 heterocycles. The van der Waals surface area contributed by atoms with E-state index in [1.54, 1.807) is 42.7 Å². The first kappa shape index (κ1) is 29.2. The zero-order valence-electron chi connectivity index (χ0n) is 23.1. The van der Waals surface area contributed by atoms with E-state index in [-0.39, 0.29) is 28.9 Å². The summed E-state index contributed by atoms with van der Waals surface area (Å²) in [4.78, 5) is 49.1. The zero-order valence-corrected chi connectivity index (χ0v) is 26.0. The number of benzene rings is 1. The third-order valence-electron chi connectivity index (χ3n) is 7.44. The predicted molar refractivity (Wildman–Crippen MR) is 149 cm³/mol. The summed E-state index contributed by atoms with van der Waals surface area (Å²) < 4.78 is 23.7. The summed E-state index contributed by atoms with van der Waals surface area (Å²) in [6.07, 6.45) is 0.139. The molecule has 0 unspecified atom stereocenters. The van der Waals surface area contributed by atoms with Crippen molar-refractivity contribution in [2.45, 2.75) is 72.8 Å². The van der Waals surface area contributed by atoms with Gasteiger partial charge in [0.1, 0.15) is 0 Å². The molecule has 4 rings (SSSR count). The van der Waals surface area contributed by atoms with Crippen LogP contribution in [0.2, 0.25) is 13.3 Å². The second-order valence-corrected chi connectivity index (χ2v) is 23.7. The van der Waals surface area contributed by atoms with Gasteiger partial charge in [-0.2, -0.15) is 0 Å². The molecule has 1 aliphatic rings. The van der Waals surface area contributed by atoms with E-state index in [1.807, 2.05) is 6.07 Å². The average molecular weight is 646 g/mol. The van der Waals surface area contributed by atoms with Crippen LogP contribution in [-0.4, -0.2) is 69.0 Å². The van der Waals surface area contributed by atoms with Crippen LogP contribution in [0.4, 0.5) is 5.95 Å². The Morgan fingerprint density at radius 2 is 1.87 bits per heavy atom. The molecular formula is C27H37N5O6Sn. The molecule has 1 aliphatic heterocycles. The maximum absolute atomic E-state index is 12.9. The van der Waals surface area contributed by atoms with Gasteiger partial charge in [-0.05, 0) is 0 Å². The zero-order chi connectivity index (χ0) is 28.2. The van der Waals surface area contributed by atoms with Gasteiger partial charge in [0.15, 0.2) is 0 Å². The number of nitrogens with zero attached hydrogens (tertiary/aromatic N) is 3. The summed E-state index contributed by atoms with van der Waals surface area (Å²) in [5.41, 5.74) is 0.366. The summed E-state index contributed by atoms with van der Waals surface area (Å²) in [5.74, 6) is -0.967. The first-order valence-corrected chi connectivity index (χ1v) is 20.7. The summed E-state index contributed by atoms with van der Waals surface area (Å²) >= 11 is -2.76. The number of ether oxygens (including phenoxy) is 2. The van der Waals surface area contributed by atoms with E-state index in [0.29, 0.717) is 18.6 Å². The molecule has 3 aromatic rings. The van der Waals surface area contributed by atoms with Gasteiger partial charge in [0.2, 0.25) is 0 Å². The Bertz CT molecular complexity index is 1350. The first-order chi connectivity index (χ1) is 18.7. The predicted octanol–water partition coefficient (Wildman–Crippen LogP) is 4.25. The Kier molecular flexibility index (Phi) is 9.44. The van der Waals surface area contributed by atoms with Crippen LogP contribution < -0.4 is 10.9 Å². The van der Waals surface area contributed by atoms with E-state index >= 15 is 0 Å². The molecule has 0 radical (unpaired) electrons. The molecular weight excluding hydrogens is 609 g/mol. The maximum atomic E-state index is 12.9. The summed E-state index contributed by atoms with van der Waals surface area (Å²) in [6.45, 7) is 10.4. The van der Waals surface area contributed by atoms with Gasteiger partial charge in [-0.3, -0.25) is 0 Å². The third-order valence-corrected chi connectivity index (χ3v) is 20.7. The van der Waals surface area contributed by atoms with Crippen molar-refractivity contribution in [2.75, 3.05) is 11.9 Å². The Hall–Kier alpha value is -2.77. The van der Waals surface area contributed by atoms with Crippen molar-refractivity contribution in [2.24, 2.45) is 5.92 Å². The van der Waals surface area contributed by atoms with Crippen LogP contribution in [0.15, 0.2) is 41.5 Å². The van der Waals surface area contributed by atoms with Crippen LogP contribution in [0, 0.1) is 5.92 Å². The van der Waals surface area contributed by atoms with E-state index in [0.717, 1.165) is 13.3 Å². The number of rotatable bonds is 11. The van der Waals surface area contributed by atoms with Crippen LogP contribution in [0.3, 0.4) is 0 Å². The minimum absolute atomic E-state index is 0.0329. The molecule has 1 amide bonds. The molecule has 1 saturated heterocycles. The quantitative estimate of drug-likeness (QED) is 0.233. The fourth-order valence-electron chi connectivity index (χ4n) is 4.70. The summed E-state index contributed by atoms with van der Waals surface area (Å²) in [5, 5.41) is 2.63. The number of carbonyl (C=O) groups is 2. The van der Waals surface area contributed by atoms with Crippen molar-refractivity contribution in [3.8, 4) is 0 Å². The monoisotopic (exact) mass is 647 g/mol. The summed E-state index contributed by atoms with van der Waals surface area (Å²) in [7, 11) is 0.